The minimum atomic E-state index is -4.82. The van der Waals surface area contributed by atoms with Gasteiger partial charge < -0.3 is 20.3 Å². The van der Waals surface area contributed by atoms with Crippen LogP contribution in [0.2, 0.25) is 0 Å². The maximum absolute atomic E-state index is 13.3. The zero-order chi connectivity index (χ0) is 24.3. The molecule has 2 aromatic heterocycles. The number of nitrogens with zero attached hydrogens (tertiary/aromatic N) is 4. The van der Waals surface area contributed by atoms with E-state index in [1.54, 1.807) is 16.7 Å². The molecule has 0 aliphatic carbocycles. The van der Waals surface area contributed by atoms with Crippen LogP contribution in [0.15, 0.2) is 29.3 Å². The number of carbonyl (C=O) groups excluding carboxylic acids is 1. The average Bonchev–Trinajstić information content (AvgIpc) is 3.14. The Balaban J connectivity index is 0.000000968. The van der Waals surface area contributed by atoms with E-state index in [0.717, 1.165) is 33.3 Å². The molecule has 0 saturated carbocycles. The number of anilines is 1. The first-order chi connectivity index (χ1) is 15.6. The number of carbonyl (C=O) groups is 1. The molecule has 0 bridgehead atoms. The average molecular weight is 482 g/mol. The van der Waals surface area contributed by atoms with Gasteiger partial charge >= 0.3 is 6.18 Å². The number of aliphatic hydroxyl groups excluding tert-OH is 1. The fourth-order valence-electron chi connectivity index (χ4n) is 3.69. The van der Waals surface area contributed by atoms with Gasteiger partial charge in [-0.1, -0.05) is 20.3 Å². The molecule has 3 aromatic rings. The van der Waals surface area contributed by atoms with E-state index in [0.29, 0.717) is 19.6 Å². The molecule has 33 heavy (non-hydrogen) atoms. The van der Waals surface area contributed by atoms with Crippen molar-refractivity contribution in [3.05, 3.63) is 46.9 Å². The van der Waals surface area contributed by atoms with Crippen molar-refractivity contribution in [1.29, 1.82) is 0 Å². The lowest BCUT2D eigenvalue weighted by atomic mass is 10.1. The molecule has 3 N–H and O–H groups in total. The number of aliphatic hydroxyl groups is 1. The first-order valence-electron chi connectivity index (χ1n) is 10.4. The zero-order valence-electron chi connectivity index (χ0n) is 18.6. The number of thioether (sulfide) groups is 1. The number of hydrogen-bond donors (Lipinski definition) is 2. The lowest BCUT2D eigenvalue weighted by Crippen LogP contribution is -2.35. The first-order valence-corrected chi connectivity index (χ1v) is 11.7. The SMILES string of the molecule is CCC.CSc1cc2c(cc1CO)cc1n2CCN(c2ncc(C(N)=O)c(C(F)(F)F)n2)C1. The second kappa shape index (κ2) is 10.0. The summed E-state index contributed by atoms with van der Waals surface area (Å²) in [5.74, 6) is -1.33. The summed E-state index contributed by atoms with van der Waals surface area (Å²) in [7, 11) is 0. The van der Waals surface area contributed by atoms with Gasteiger partial charge in [-0.15, -0.1) is 11.8 Å². The van der Waals surface area contributed by atoms with Crippen LogP contribution in [0.3, 0.4) is 0 Å². The Bertz CT molecular complexity index is 1160. The second-order valence-electron chi connectivity index (χ2n) is 7.59. The van der Waals surface area contributed by atoms with E-state index in [4.69, 9.17) is 5.73 Å². The normalized spacial score (nSPS) is 13.5. The second-order valence-corrected chi connectivity index (χ2v) is 8.44. The van der Waals surface area contributed by atoms with Gasteiger partial charge in [0.05, 0.1) is 18.7 Å². The van der Waals surface area contributed by atoms with Crippen LogP contribution < -0.4 is 10.6 Å². The van der Waals surface area contributed by atoms with Crippen LogP contribution in [0, 0.1) is 0 Å². The van der Waals surface area contributed by atoms with Crippen LogP contribution in [-0.2, 0) is 25.9 Å². The van der Waals surface area contributed by atoms with Crippen LogP contribution >= 0.6 is 11.8 Å². The van der Waals surface area contributed by atoms with E-state index < -0.39 is 23.3 Å². The van der Waals surface area contributed by atoms with E-state index in [9.17, 15) is 23.1 Å². The molecule has 11 heteroatoms. The molecule has 0 spiro atoms. The standard InChI is InChI=1S/C19H18F3N5O2S.C3H8/c1-30-15-6-14-10(4-11(15)9-28)5-12-8-26(2-3-27(12)14)18-24-7-13(17(23)29)16(25-18)19(20,21)22;1-3-2/h4-7,28H,2-3,8-9H2,1H3,(H2,23,29);3H2,1-2H3. The summed E-state index contributed by atoms with van der Waals surface area (Å²) < 4.78 is 42.1. The molecule has 0 radical (unpaired) electrons. The summed E-state index contributed by atoms with van der Waals surface area (Å²) in [5, 5.41) is 10.5. The Morgan fingerprint density at radius 3 is 2.52 bits per heavy atom. The summed E-state index contributed by atoms with van der Waals surface area (Å²) in [4.78, 5) is 21.5. The van der Waals surface area contributed by atoms with E-state index in [2.05, 4.69) is 28.4 Å². The highest BCUT2D eigenvalue weighted by molar-refractivity contribution is 7.98. The summed E-state index contributed by atoms with van der Waals surface area (Å²) in [6.07, 6.45) is -0.801. The predicted molar refractivity (Wildman–Crippen MR) is 122 cm³/mol. The Kier molecular flexibility index (Phi) is 7.53. The molecule has 0 unspecified atom stereocenters. The fraction of sp³-hybridized carbons (Fsp3) is 0.409. The first kappa shape index (κ1) is 24.8. The minimum absolute atomic E-state index is 0.0704. The number of primary amides is 1. The number of amides is 1. The number of alkyl halides is 3. The molecule has 0 fully saturated rings. The smallest absolute Gasteiger partial charge is 0.392 e. The van der Waals surface area contributed by atoms with Crippen LogP contribution in [-0.4, -0.2) is 38.3 Å². The third-order valence-electron chi connectivity index (χ3n) is 5.10. The molecule has 178 valence electrons. The van der Waals surface area contributed by atoms with Gasteiger partial charge in [0.15, 0.2) is 5.69 Å². The van der Waals surface area contributed by atoms with E-state index in [-0.39, 0.29) is 12.6 Å². The highest BCUT2D eigenvalue weighted by Crippen LogP contribution is 2.34. The Labute approximate surface area is 193 Å². The van der Waals surface area contributed by atoms with Gasteiger partial charge in [0.2, 0.25) is 5.95 Å². The lowest BCUT2D eigenvalue weighted by Gasteiger charge is -2.29. The number of benzene rings is 1. The summed E-state index contributed by atoms with van der Waals surface area (Å²) >= 11 is 1.55. The van der Waals surface area contributed by atoms with Gasteiger partial charge in [-0.3, -0.25) is 4.79 Å². The van der Waals surface area contributed by atoms with Crippen LogP contribution in [0.4, 0.5) is 19.1 Å². The van der Waals surface area contributed by atoms with Crippen molar-refractivity contribution in [3.8, 4) is 0 Å². The number of nitrogens with two attached hydrogens (primary N) is 1. The summed E-state index contributed by atoms with van der Waals surface area (Å²) in [5.41, 5.74) is 5.69. The van der Waals surface area contributed by atoms with Crippen molar-refractivity contribution >= 4 is 34.5 Å². The van der Waals surface area contributed by atoms with Gasteiger partial charge in [0, 0.05) is 40.8 Å². The minimum Gasteiger partial charge on any atom is -0.392 e. The van der Waals surface area contributed by atoms with Crippen molar-refractivity contribution < 1.29 is 23.1 Å². The van der Waals surface area contributed by atoms with Gasteiger partial charge in [0.25, 0.3) is 5.91 Å². The van der Waals surface area contributed by atoms with Crippen molar-refractivity contribution in [2.24, 2.45) is 5.73 Å². The molecule has 4 rings (SSSR count). The molecular formula is C22H26F3N5O2S. The van der Waals surface area contributed by atoms with Crippen LogP contribution in [0.25, 0.3) is 10.9 Å². The molecule has 7 nitrogen and oxygen atoms in total. The van der Waals surface area contributed by atoms with Crippen LogP contribution in [0.1, 0.15) is 47.6 Å². The Morgan fingerprint density at radius 1 is 1.24 bits per heavy atom. The lowest BCUT2D eigenvalue weighted by molar-refractivity contribution is -0.141. The quantitative estimate of drug-likeness (QED) is 0.542. The molecule has 3 heterocycles. The number of fused-ring (bicyclic) bond motifs is 3. The number of halogens is 3. The number of aromatic nitrogens is 3. The van der Waals surface area contributed by atoms with Crippen molar-refractivity contribution in [1.82, 2.24) is 14.5 Å². The van der Waals surface area contributed by atoms with Crippen molar-refractivity contribution in [2.45, 2.75) is 51.0 Å². The van der Waals surface area contributed by atoms with Crippen molar-refractivity contribution in [2.75, 3.05) is 17.7 Å². The molecule has 1 aliphatic heterocycles. The molecule has 1 amide bonds. The third-order valence-corrected chi connectivity index (χ3v) is 5.92. The van der Waals surface area contributed by atoms with Crippen molar-refractivity contribution in [3.63, 3.8) is 0 Å². The monoisotopic (exact) mass is 481 g/mol. The predicted octanol–water partition coefficient (Wildman–Crippen LogP) is 4.20. The Hall–Kier alpha value is -2.79. The molecular weight excluding hydrogens is 455 g/mol. The number of rotatable bonds is 4. The van der Waals surface area contributed by atoms with Gasteiger partial charge in [-0.05, 0) is 30.0 Å². The van der Waals surface area contributed by atoms with Gasteiger partial charge in [-0.2, -0.15) is 13.2 Å². The molecule has 0 saturated heterocycles. The maximum Gasteiger partial charge on any atom is 0.434 e. The summed E-state index contributed by atoms with van der Waals surface area (Å²) in [6.45, 7) is 5.43. The van der Waals surface area contributed by atoms with E-state index >= 15 is 0 Å². The van der Waals surface area contributed by atoms with Crippen LogP contribution in [0.5, 0.6) is 0 Å². The van der Waals surface area contributed by atoms with E-state index in [1.165, 1.54) is 6.42 Å². The highest BCUT2D eigenvalue weighted by Gasteiger charge is 2.38. The van der Waals surface area contributed by atoms with Gasteiger partial charge in [-0.25, -0.2) is 9.97 Å². The topological polar surface area (TPSA) is 97.3 Å². The Morgan fingerprint density at radius 2 is 1.94 bits per heavy atom. The summed E-state index contributed by atoms with van der Waals surface area (Å²) in [6, 6.07) is 5.90. The number of hydrogen-bond acceptors (Lipinski definition) is 6. The fourth-order valence-corrected chi connectivity index (χ4v) is 4.31. The van der Waals surface area contributed by atoms with E-state index in [1.807, 2.05) is 24.5 Å². The maximum atomic E-state index is 13.3. The molecule has 1 aliphatic rings. The zero-order valence-corrected chi connectivity index (χ0v) is 19.4. The third kappa shape index (κ3) is 5.09. The molecule has 1 aromatic carbocycles. The largest absolute Gasteiger partial charge is 0.434 e. The van der Waals surface area contributed by atoms with Gasteiger partial charge in [0.1, 0.15) is 0 Å². The highest BCUT2D eigenvalue weighted by atomic mass is 32.2. The molecule has 0 atom stereocenters.